The van der Waals surface area contributed by atoms with Gasteiger partial charge in [0, 0.05) is 27.9 Å². The number of para-hydroxylation sites is 1. The van der Waals surface area contributed by atoms with E-state index in [1.165, 1.54) is 6.21 Å². The Morgan fingerprint density at radius 3 is 2.64 bits per heavy atom. The van der Waals surface area contributed by atoms with Gasteiger partial charge in [0.15, 0.2) is 0 Å². The zero-order chi connectivity index (χ0) is 26.9. The molecule has 0 saturated heterocycles. The smallest absolute Gasteiger partial charge is 0.309 e. The summed E-state index contributed by atoms with van der Waals surface area (Å²) in [7, 11) is 0. The molecule has 4 aromatic heterocycles. The average Bonchev–Trinajstić information content (AvgIpc) is 3.69. The van der Waals surface area contributed by atoms with E-state index in [1.807, 2.05) is 61.7 Å². The van der Waals surface area contributed by atoms with Crippen molar-refractivity contribution in [2.45, 2.75) is 6.92 Å². The molecule has 6 aromatic rings. The lowest BCUT2D eigenvalue weighted by molar-refractivity contribution is 0.0930. The lowest BCUT2D eigenvalue weighted by Gasteiger charge is -2.05. The van der Waals surface area contributed by atoms with Crippen LogP contribution in [0, 0.1) is 6.92 Å². The van der Waals surface area contributed by atoms with Gasteiger partial charge in [0.25, 0.3) is 0 Å². The van der Waals surface area contributed by atoms with Crippen LogP contribution in [0.1, 0.15) is 21.8 Å². The summed E-state index contributed by atoms with van der Waals surface area (Å²) in [6, 6.07) is 22.3. The van der Waals surface area contributed by atoms with Gasteiger partial charge < -0.3 is 14.6 Å². The second-order valence-electron chi connectivity index (χ2n) is 8.71. The Labute approximate surface area is 227 Å². The van der Waals surface area contributed by atoms with Crippen LogP contribution < -0.4 is 11.2 Å². The molecule has 0 aliphatic rings. The number of aryl methyl sites for hydroxylation is 1. The molecule has 4 heterocycles. The van der Waals surface area contributed by atoms with Crippen LogP contribution >= 0.6 is 11.6 Å². The van der Waals surface area contributed by atoms with Crippen molar-refractivity contribution in [3.8, 4) is 28.3 Å². The van der Waals surface area contributed by atoms with Gasteiger partial charge in [-0.05, 0) is 49.4 Å². The number of nitrogens with two attached hydrogens (primary N) is 1. The third kappa shape index (κ3) is 4.67. The molecule has 0 bridgehead atoms. The van der Waals surface area contributed by atoms with E-state index in [4.69, 9.17) is 26.2 Å². The fraction of sp³-hybridized carbons (Fsp3) is 0.0345. The Hall–Kier alpha value is -5.15. The summed E-state index contributed by atoms with van der Waals surface area (Å²) in [6.45, 7) is 1.86. The summed E-state index contributed by atoms with van der Waals surface area (Å²) in [4.78, 5) is 17.7. The summed E-state index contributed by atoms with van der Waals surface area (Å²) < 4.78 is 13.3. The molecule has 0 aliphatic heterocycles. The highest BCUT2D eigenvalue weighted by atomic mass is 35.5. The number of nitrogen functional groups attached to an aromatic ring is 1. The normalized spacial score (nSPS) is 11.4. The molecule has 0 spiro atoms. The van der Waals surface area contributed by atoms with Crippen LogP contribution in [-0.4, -0.2) is 26.9 Å². The van der Waals surface area contributed by atoms with Gasteiger partial charge in [0.05, 0.1) is 40.6 Å². The number of fused-ring (bicyclic) bond motifs is 1. The van der Waals surface area contributed by atoms with Crippen LogP contribution in [0.4, 0.5) is 5.69 Å². The molecule has 0 fully saturated rings. The molecule has 0 saturated carbocycles. The van der Waals surface area contributed by atoms with E-state index in [0.29, 0.717) is 27.4 Å². The number of halogens is 1. The Bertz CT molecular complexity index is 1820. The summed E-state index contributed by atoms with van der Waals surface area (Å²) in [6.07, 6.45) is 4.90. The monoisotopic (exact) mass is 536 g/mol. The molecule has 0 aliphatic carbocycles. The van der Waals surface area contributed by atoms with Crippen molar-refractivity contribution in [1.82, 2.24) is 20.2 Å². The van der Waals surface area contributed by atoms with Crippen molar-refractivity contribution in [2.75, 3.05) is 5.73 Å². The van der Waals surface area contributed by atoms with Crippen molar-refractivity contribution in [3.05, 3.63) is 107 Å². The molecule has 6 rings (SSSR count). The highest BCUT2D eigenvalue weighted by Crippen LogP contribution is 2.38. The molecule has 3 N–H and O–H groups in total. The third-order valence-electron chi connectivity index (χ3n) is 6.16. The number of nitrogens with zero attached hydrogens (tertiary/aromatic N) is 4. The first kappa shape index (κ1) is 24.2. The van der Waals surface area contributed by atoms with Gasteiger partial charge in [-0.2, -0.15) is 10.2 Å². The summed E-state index contributed by atoms with van der Waals surface area (Å²) in [5.41, 5.74) is 13.7. The highest BCUT2D eigenvalue weighted by molar-refractivity contribution is 6.30. The number of aromatic nitrogens is 3. The SMILES string of the molecule is Cc1nn(-c2ccccc2)cc1/C=N/NC(=O)c1oc2nc(-c3ccc(Cl)cc3)cc(-c3ccco3)c2c1N. The molecule has 0 atom stereocenters. The quantitative estimate of drug-likeness (QED) is 0.191. The van der Waals surface area contributed by atoms with Gasteiger partial charge in [0.1, 0.15) is 5.76 Å². The van der Waals surface area contributed by atoms with Crippen LogP contribution in [0.15, 0.2) is 99.2 Å². The number of carbonyl (C=O) groups excluding carboxylic acids is 1. The van der Waals surface area contributed by atoms with Gasteiger partial charge in [-0.15, -0.1) is 0 Å². The van der Waals surface area contributed by atoms with E-state index < -0.39 is 5.91 Å². The van der Waals surface area contributed by atoms with Crippen LogP contribution in [-0.2, 0) is 0 Å². The van der Waals surface area contributed by atoms with Crippen LogP contribution in [0.5, 0.6) is 0 Å². The van der Waals surface area contributed by atoms with Gasteiger partial charge in [-0.25, -0.2) is 15.1 Å². The first-order valence-electron chi connectivity index (χ1n) is 12.0. The average molecular weight is 537 g/mol. The van der Waals surface area contributed by atoms with E-state index >= 15 is 0 Å². The molecule has 1 amide bonds. The Morgan fingerprint density at radius 1 is 1.10 bits per heavy atom. The first-order chi connectivity index (χ1) is 19.0. The largest absolute Gasteiger partial charge is 0.464 e. The summed E-state index contributed by atoms with van der Waals surface area (Å²) >= 11 is 6.05. The molecule has 39 heavy (non-hydrogen) atoms. The van der Waals surface area contributed by atoms with Crippen molar-refractivity contribution >= 4 is 40.5 Å². The second kappa shape index (κ2) is 9.96. The first-order valence-corrected chi connectivity index (χ1v) is 12.3. The molecular weight excluding hydrogens is 516 g/mol. The number of anilines is 1. The zero-order valence-electron chi connectivity index (χ0n) is 20.6. The number of furan rings is 2. The second-order valence-corrected chi connectivity index (χ2v) is 9.15. The van der Waals surface area contributed by atoms with Crippen LogP contribution in [0.2, 0.25) is 5.02 Å². The third-order valence-corrected chi connectivity index (χ3v) is 6.41. The van der Waals surface area contributed by atoms with E-state index in [0.717, 1.165) is 22.5 Å². The van der Waals surface area contributed by atoms with E-state index in [1.54, 1.807) is 35.2 Å². The number of rotatable bonds is 6. The fourth-order valence-electron chi connectivity index (χ4n) is 4.21. The number of hydrogen-bond acceptors (Lipinski definition) is 7. The number of amides is 1. The minimum absolute atomic E-state index is 0.104. The molecular formula is C29H21ClN6O3. The molecule has 192 valence electrons. The van der Waals surface area contributed by atoms with E-state index in [2.05, 4.69) is 20.6 Å². The van der Waals surface area contributed by atoms with Crippen molar-refractivity contribution < 1.29 is 13.6 Å². The Kier molecular flexibility index (Phi) is 6.18. The Balaban J connectivity index is 1.32. The fourth-order valence-corrected chi connectivity index (χ4v) is 4.33. The molecule has 0 unspecified atom stereocenters. The number of hydrazone groups is 1. The van der Waals surface area contributed by atoms with Crippen LogP contribution in [0.3, 0.4) is 0 Å². The number of pyridine rings is 1. The Morgan fingerprint density at radius 2 is 1.90 bits per heavy atom. The minimum Gasteiger partial charge on any atom is -0.464 e. The maximum absolute atomic E-state index is 13.0. The lowest BCUT2D eigenvalue weighted by Crippen LogP contribution is -2.18. The van der Waals surface area contributed by atoms with Gasteiger partial charge in [-0.3, -0.25) is 4.79 Å². The van der Waals surface area contributed by atoms with E-state index in [9.17, 15) is 4.79 Å². The standard InChI is InChI=1S/C29H21ClN6O3/c1-17-19(16-36(35-17)21-6-3-2-4-7-21)15-32-34-28(37)27-26(31)25-22(24-8-5-13-38-24)14-23(33-29(25)39-27)18-9-11-20(30)12-10-18/h2-16H,31H2,1H3,(H,34,37)/b32-15+. The summed E-state index contributed by atoms with van der Waals surface area (Å²) in [5.74, 6) is -0.165. The summed E-state index contributed by atoms with van der Waals surface area (Å²) in [5, 5.41) is 9.68. The van der Waals surface area contributed by atoms with Crippen molar-refractivity contribution in [2.24, 2.45) is 5.10 Å². The topological polar surface area (TPSA) is 124 Å². The van der Waals surface area contributed by atoms with Crippen molar-refractivity contribution in [3.63, 3.8) is 0 Å². The number of benzene rings is 2. The molecule has 10 heteroatoms. The highest BCUT2D eigenvalue weighted by Gasteiger charge is 2.24. The number of carbonyl (C=O) groups is 1. The molecule has 9 nitrogen and oxygen atoms in total. The molecule has 0 radical (unpaired) electrons. The van der Waals surface area contributed by atoms with Gasteiger partial charge in [0.2, 0.25) is 11.5 Å². The minimum atomic E-state index is -0.617. The maximum Gasteiger partial charge on any atom is 0.309 e. The number of hydrogen-bond donors (Lipinski definition) is 2. The molecule has 2 aromatic carbocycles. The van der Waals surface area contributed by atoms with E-state index in [-0.39, 0.29) is 17.2 Å². The van der Waals surface area contributed by atoms with Crippen LogP contribution in [0.25, 0.3) is 39.4 Å². The maximum atomic E-state index is 13.0. The van der Waals surface area contributed by atoms with Crippen molar-refractivity contribution in [1.29, 1.82) is 0 Å². The predicted molar refractivity (Wildman–Crippen MR) is 150 cm³/mol. The number of nitrogens with one attached hydrogen (secondary N) is 1. The van der Waals surface area contributed by atoms with Gasteiger partial charge >= 0.3 is 5.91 Å². The zero-order valence-corrected chi connectivity index (χ0v) is 21.4. The lowest BCUT2D eigenvalue weighted by atomic mass is 10.0. The van der Waals surface area contributed by atoms with Gasteiger partial charge in [-0.1, -0.05) is 41.9 Å². The predicted octanol–water partition coefficient (Wildman–Crippen LogP) is 6.25.